The van der Waals surface area contributed by atoms with Crippen molar-refractivity contribution in [1.82, 2.24) is 0 Å². The van der Waals surface area contributed by atoms with Crippen molar-refractivity contribution in [2.24, 2.45) is 5.73 Å². The Morgan fingerprint density at radius 3 is 2.43 bits per heavy atom. The Kier molecular flexibility index (Phi) is 4.71. The van der Waals surface area contributed by atoms with Crippen molar-refractivity contribution in [2.75, 3.05) is 13.2 Å². The lowest BCUT2D eigenvalue weighted by atomic mass is 9.99. The van der Waals surface area contributed by atoms with E-state index in [4.69, 9.17) is 15.2 Å². The zero-order chi connectivity index (χ0) is 14.8. The smallest absolute Gasteiger partial charge is 0.162 e. The van der Waals surface area contributed by atoms with Crippen molar-refractivity contribution in [3.05, 3.63) is 55.6 Å². The third-order valence-corrected chi connectivity index (χ3v) is 5.11. The highest BCUT2D eigenvalue weighted by atomic mass is 127. The van der Waals surface area contributed by atoms with Crippen molar-refractivity contribution in [3.8, 4) is 11.5 Å². The molecule has 1 heterocycles. The maximum Gasteiger partial charge on any atom is 0.162 e. The van der Waals surface area contributed by atoms with Gasteiger partial charge in [0.2, 0.25) is 0 Å². The van der Waals surface area contributed by atoms with Gasteiger partial charge in [0, 0.05) is 14.5 Å². The topological polar surface area (TPSA) is 44.5 Å². The lowest BCUT2D eigenvalue weighted by Gasteiger charge is -2.18. The average molecular weight is 460 g/mol. The summed E-state index contributed by atoms with van der Waals surface area (Å²) in [4.78, 5) is 0. The van der Waals surface area contributed by atoms with Gasteiger partial charge < -0.3 is 15.2 Å². The second-order valence-electron chi connectivity index (χ2n) is 4.87. The molecule has 0 saturated carbocycles. The first-order valence-electron chi connectivity index (χ1n) is 6.76. The van der Waals surface area contributed by atoms with Crippen LogP contribution in [0.1, 0.15) is 23.6 Å². The Morgan fingerprint density at radius 1 is 1.05 bits per heavy atom. The minimum atomic E-state index is -0.204. The molecular formula is C16H15BrINO2. The van der Waals surface area contributed by atoms with Crippen molar-refractivity contribution < 1.29 is 9.47 Å². The number of hydrogen-bond donors (Lipinski definition) is 1. The first-order chi connectivity index (χ1) is 10.2. The molecule has 0 saturated heterocycles. The molecule has 0 spiro atoms. The summed E-state index contributed by atoms with van der Waals surface area (Å²) in [6, 6.07) is 11.9. The molecule has 1 unspecified atom stereocenters. The van der Waals surface area contributed by atoms with Gasteiger partial charge >= 0.3 is 0 Å². The van der Waals surface area contributed by atoms with Gasteiger partial charge in [-0.3, -0.25) is 0 Å². The fourth-order valence-electron chi connectivity index (χ4n) is 2.33. The highest BCUT2D eigenvalue weighted by Gasteiger charge is 2.19. The van der Waals surface area contributed by atoms with Crippen LogP contribution in [0.2, 0.25) is 0 Å². The van der Waals surface area contributed by atoms with E-state index in [0.29, 0.717) is 13.2 Å². The van der Waals surface area contributed by atoms with E-state index >= 15 is 0 Å². The molecule has 1 aliphatic rings. The summed E-state index contributed by atoms with van der Waals surface area (Å²) in [5, 5.41) is 0. The number of fused-ring (bicyclic) bond motifs is 1. The number of hydrogen-bond acceptors (Lipinski definition) is 3. The van der Waals surface area contributed by atoms with Gasteiger partial charge in [-0.2, -0.15) is 0 Å². The number of halogens is 2. The summed E-state index contributed by atoms with van der Waals surface area (Å²) in [5.41, 5.74) is 8.57. The molecule has 5 heteroatoms. The van der Waals surface area contributed by atoms with Gasteiger partial charge in [0.25, 0.3) is 0 Å². The Balaban J connectivity index is 2.02. The molecule has 0 amide bonds. The van der Waals surface area contributed by atoms with E-state index in [0.717, 1.165) is 37.1 Å². The van der Waals surface area contributed by atoms with E-state index in [-0.39, 0.29) is 6.04 Å². The van der Waals surface area contributed by atoms with Crippen LogP contribution in [0.5, 0.6) is 11.5 Å². The maximum atomic E-state index is 6.46. The van der Waals surface area contributed by atoms with Gasteiger partial charge in [0.1, 0.15) is 0 Å². The zero-order valence-corrected chi connectivity index (χ0v) is 15.1. The summed E-state index contributed by atoms with van der Waals surface area (Å²) >= 11 is 5.92. The van der Waals surface area contributed by atoms with Crippen LogP contribution in [0, 0.1) is 3.57 Å². The number of rotatable bonds is 2. The van der Waals surface area contributed by atoms with Gasteiger partial charge in [0.15, 0.2) is 11.5 Å². The molecule has 110 valence electrons. The molecule has 0 fully saturated rings. The van der Waals surface area contributed by atoms with Gasteiger partial charge in [-0.15, -0.1) is 0 Å². The van der Waals surface area contributed by atoms with E-state index in [2.05, 4.69) is 50.7 Å². The molecule has 0 radical (unpaired) electrons. The minimum Gasteiger partial charge on any atom is -0.490 e. The Labute approximate surface area is 146 Å². The molecule has 0 bridgehead atoms. The number of nitrogens with two attached hydrogens (primary N) is 1. The normalized spacial score (nSPS) is 15.4. The van der Waals surface area contributed by atoms with E-state index in [1.807, 2.05) is 24.3 Å². The quantitative estimate of drug-likeness (QED) is 0.682. The molecule has 1 aliphatic heterocycles. The van der Waals surface area contributed by atoms with E-state index in [1.165, 1.54) is 0 Å². The molecule has 21 heavy (non-hydrogen) atoms. The van der Waals surface area contributed by atoms with E-state index in [9.17, 15) is 0 Å². The van der Waals surface area contributed by atoms with Gasteiger partial charge in [-0.1, -0.05) is 34.1 Å². The fourth-order valence-corrected chi connectivity index (χ4v) is 3.62. The summed E-state index contributed by atoms with van der Waals surface area (Å²) in [5.74, 6) is 1.55. The molecule has 3 nitrogen and oxygen atoms in total. The van der Waals surface area contributed by atoms with Crippen molar-refractivity contribution in [2.45, 2.75) is 12.5 Å². The summed E-state index contributed by atoms with van der Waals surface area (Å²) < 4.78 is 13.6. The zero-order valence-electron chi connectivity index (χ0n) is 11.3. The van der Waals surface area contributed by atoms with Gasteiger partial charge in [0.05, 0.1) is 19.3 Å². The first-order valence-corrected chi connectivity index (χ1v) is 8.63. The van der Waals surface area contributed by atoms with E-state index in [1.54, 1.807) is 0 Å². The highest BCUT2D eigenvalue weighted by Crippen LogP contribution is 2.39. The summed E-state index contributed by atoms with van der Waals surface area (Å²) in [6.45, 7) is 1.35. The lowest BCUT2D eigenvalue weighted by Crippen LogP contribution is -2.14. The largest absolute Gasteiger partial charge is 0.490 e. The number of ether oxygens (including phenoxy) is 2. The van der Waals surface area contributed by atoms with Crippen molar-refractivity contribution in [3.63, 3.8) is 0 Å². The molecule has 2 aromatic carbocycles. The molecular weight excluding hydrogens is 445 g/mol. The fraction of sp³-hybridized carbons (Fsp3) is 0.250. The van der Waals surface area contributed by atoms with Crippen LogP contribution < -0.4 is 15.2 Å². The van der Waals surface area contributed by atoms with Crippen LogP contribution in [0.4, 0.5) is 0 Å². The van der Waals surface area contributed by atoms with Crippen LogP contribution in [-0.2, 0) is 0 Å². The van der Waals surface area contributed by atoms with Crippen LogP contribution >= 0.6 is 38.5 Å². The summed E-state index contributed by atoms with van der Waals surface area (Å²) in [6.07, 6.45) is 0.893. The predicted octanol–water partition coefficient (Wildman–Crippen LogP) is 4.26. The first kappa shape index (κ1) is 15.1. The Morgan fingerprint density at radius 2 is 1.71 bits per heavy atom. The van der Waals surface area contributed by atoms with Crippen LogP contribution in [0.15, 0.2) is 40.9 Å². The molecule has 0 aliphatic carbocycles. The monoisotopic (exact) mass is 459 g/mol. The Hall–Kier alpha value is -0.790. The summed E-state index contributed by atoms with van der Waals surface area (Å²) in [7, 11) is 0. The predicted molar refractivity (Wildman–Crippen MR) is 94.9 cm³/mol. The average Bonchev–Trinajstić information content (AvgIpc) is 2.71. The maximum absolute atomic E-state index is 6.46. The third-order valence-electron chi connectivity index (χ3n) is 3.44. The van der Waals surface area contributed by atoms with Gasteiger partial charge in [-0.25, -0.2) is 0 Å². The highest BCUT2D eigenvalue weighted by molar-refractivity contribution is 14.1. The SMILES string of the molecule is NC(c1cc2c(cc1Br)OCCCO2)c1ccccc1I. The molecule has 2 aromatic rings. The van der Waals surface area contributed by atoms with Crippen molar-refractivity contribution >= 4 is 38.5 Å². The van der Waals surface area contributed by atoms with E-state index < -0.39 is 0 Å². The van der Waals surface area contributed by atoms with Crippen molar-refractivity contribution in [1.29, 1.82) is 0 Å². The second-order valence-corrected chi connectivity index (χ2v) is 6.89. The van der Waals surface area contributed by atoms with Crippen LogP contribution in [0.25, 0.3) is 0 Å². The molecule has 1 atom stereocenters. The third kappa shape index (κ3) is 3.19. The van der Waals surface area contributed by atoms with Crippen LogP contribution in [-0.4, -0.2) is 13.2 Å². The lowest BCUT2D eigenvalue weighted by molar-refractivity contribution is 0.297. The van der Waals surface area contributed by atoms with Crippen LogP contribution in [0.3, 0.4) is 0 Å². The minimum absolute atomic E-state index is 0.204. The molecule has 2 N–H and O–H groups in total. The molecule has 3 rings (SSSR count). The Bertz CT molecular complexity index is 663. The number of benzene rings is 2. The second kappa shape index (κ2) is 6.54. The standard InChI is InChI=1S/C16H15BrINO2/c17-12-9-15-14(20-6-3-7-21-15)8-11(12)16(19)10-4-1-2-5-13(10)18/h1-2,4-5,8-9,16H,3,6-7,19H2. The molecule has 0 aromatic heterocycles. The van der Waals surface area contributed by atoms with Gasteiger partial charge in [-0.05, 0) is 51.9 Å².